The summed E-state index contributed by atoms with van der Waals surface area (Å²) in [6, 6.07) is 5.22. The molecule has 0 atom stereocenters. The van der Waals surface area contributed by atoms with Crippen molar-refractivity contribution in [1.82, 2.24) is 5.48 Å². The summed E-state index contributed by atoms with van der Waals surface area (Å²) < 4.78 is 0. The van der Waals surface area contributed by atoms with Crippen LogP contribution in [0.15, 0.2) is 18.2 Å². The Bertz CT molecular complexity index is 382. The van der Waals surface area contributed by atoms with Crippen LogP contribution in [0.3, 0.4) is 0 Å². The Kier molecular flexibility index (Phi) is 3.46. The Labute approximate surface area is 99.7 Å². The molecule has 0 spiro atoms. The highest BCUT2D eigenvalue weighted by molar-refractivity contribution is 6.31. The van der Waals surface area contributed by atoms with Crippen LogP contribution in [0.25, 0.3) is 0 Å². The van der Waals surface area contributed by atoms with Crippen LogP contribution in [-0.2, 0) is 4.84 Å². The molecule has 0 aliphatic heterocycles. The molecular weight excluding hydrogens is 226 g/mol. The first kappa shape index (κ1) is 11.4. The maximum Gasteiger partial charge on any atom is 0.274 e. The van der Waals surface area contributed by atoms with Crippen molar-refractivity contribution in [2.75, 3.05) is 6.61 Å². The number of rotatable bonds is 4. The number of carbonyl (C=O) groups is 1. The topological polar surface area (TPSA) is 38.3 Å². The van der Waals surface area contributed by atoms with Crippen LogP contribution in [0.2, 0.25) is 5.02 Å². The maximum atomic E-state index is 11.7. The van der Waals surface area contributed by atoms with E-state index in [0.29, 0.717) is 23.1 Å². The third kappa shape index (κ3) is 3.22. The number of nitrogens with one attached hydrogen (secondary N) is 1. The molecule has 4 heteroatoms. The highest BCUT2D eigenvalue weighted by atomic mass is 35.5. The van der Waals surface area contributed by atoms with Crippen molar-refractivity contribution >= 4 is 17.5 Å². The molecular formula is C12H14ClNO2. The molecule has 1 aromatic carbocycles. The molecule has 0 heterocycles. The first-order valence-electron chi connectivity index (χ1n) is 5.34. The molecule has 1 amide bonds. The van der Waals surface area contributed by atoms with Crippen LogP contribution in [0.5, 0.6) is 0 Å². The molecule has 3 nitrogen and oxygen atoms in total. The minimum Gasteiger partial charge on any atom is -0.273 e. The first-order valence-corrected chi connectivity index (χ1v) is 5.72. The van der Waals surface area contributed by atoms with Crippen LogP contribution < -0.4 is 5.48 Å². The standard InChI is InChI=1S/C12H14ClNO2/c1-8-4-10(6-11(13)5-8)12(15)14-16-7-9-2-3-9/h4-6,9H,2-3,7H2,1H3,(H,14,15). The normalized spacial score (nSPS) is 14.9. The van der Waals surface area contributed by atoms with Crippen molar-refractivity contribution in [1.29, 1.82) is 0 Å². The van der Waals surface area contributed by atoms with Crippen LogP contribution >= 0.6 is 11.6 Å². The Morgan fingerprint density at radius 3 is 2.88 bits per heavy atom. The fraction of sp³-hybridized carbons (Fsp3) is 0.417. The van der Waals surface area contributed by atoms with Gasteiger partial charge in [-0.1, -0.05) is 11.6 Å². The number of halogens is 1. The molecule has 86 valence electrons. The Hall–Kier alpha value is -1.06. The van der Waals surface area contributed by atoms with E-state index in [2.05, 4.69) is 5.48 Å². The summed E-state index contributed by atoms with van der Waals surface area (Å²) in [7, 11) is 0. The maximum absolute atomic E-state index is 11.7. The van der Waals surface area contributed by atoms with Gasteiger partial charge in [0.15, 0.2) is 0 Å². The molecule has 2 rings (SSSR count). The number of carbonyl (C=O) groups excluding carboxylic acids is 1. The highest BCUT2D eigenvalue weighted by Gasteiger charge is 2.21. The lowest BCUT2D eigenvalue weighted by atomic mass is 10.1. The Balaban J connectivity index is 1.91. The first-order chi connectivity index (χ1) is 7.65. The van der Waals surface area contributed by atoms with E-state index >= 15 is 0 Å². The van der Waals surface area contributed by atoms with Gasteiger partial charge in [0, 0.05) is 10.6 Å². The number of benzene rings is 1. The zero-order valence-electron chi connectivity index (χ0n) is 9.13. The van der Waals surface area contributed by atoms with Gasteiger partial charge < -0.3 is 0 Å². The SMILES string of the molecule is Cc1cc(Cl)cc(C(=O)NOCC2CC2)c1. The summed E-state index contributed by atoms with van der Waals surface area (Å²) in [6.45, 7) is 2.50. The predicted molar refractivity (Wildman–Crippen MR) is 62.3 cm³/mol. The van der Waals surface area contributed by atoms with Crippen molar-refractivity contribution in [2.24, 2.45) is 5.92 Å². The van der Waals surface area contributed by atoms with Crippen molar-refractivity contribution in [3.63, 3.8) is 0 Å². The Morgan fingerprint density at radius 1 is 1.50 bits per heavy atom. The van der Waals surface area contributed by atoms with E-state index in [4.69, 9.17) is 16.4 Å². The zero-order valence-corrected chi connectivity index (χ0v) is 9.88. The largest absolute Gasteiger partial charge is 0.274 e. The van der Waals surface area contributed by atoms with Gasteiger partial charge >= 0.3 is 0 Å². The van der Waals surface area contributed by atoms with Gasteiger partial charge in [0.25, 0.3) is 5.91 Å². The number of hydroxylamine groups is 1. The highest BCUT2D eigenvalue weighted by Crippen LogP contribution is 2.28. The van der Waals surface area contributed by atoms with E-state index in [0.717, 1.165) is 5.56 Å². The summed E-state index contributed by atoms with van der Waals surface area (Å²) in [5, 5.41) is 0.562. The zero-order chi connectivity index (χ0) is 11.5. The predicted octanol–water partition coefficient (Wildman–Crippen LogP) is 2.72. The van der Waals surface area contributed by atoms with E-state index in [9.17, 15) is 4.79 Å². The van der Waals surface area contributed by atoms with Crippen LogP contribution in [-0.4, -0.2) is 12.5 Å². The average molecular weight is 240 g/mol. The molecule has 1 aliphatic rings. The van der Waals surface area contributed by atoms with Crippen LogP contribution in [0.1, 0.15) is 28.8 Å². The minimum absolute atomic E-state index is 0.244. The molecule has 1 N–H and O–H groups in total. The number of aryl methyl sites for hydroxylation is 1. The van der Waals surface area contributed by atoms with Gasteiger partial charge in [-0.3, -0.25) is 9.63 Å². The smallest absolute Gasteiger partial charge is 0.273 e. The van der Waals surface area contributed by atoms with Gasteiger partial charge in [0.1, 0.15) is 0 Å². The summed E-state index contributed by atoms with van der Waals surface area (Å²) in [6.07, 6.45) is 2.40. The van der Waals surface area contributed by atoms with Crippen molar-refractivity contribution in [3.8, 4) is 0 Å². The third-order valence-corrected chi connectivity index (χ3v) is 2.70. The van der Waals surface area contributed by atoms with E-state index in [1.54, 1.807) is 12.1 Å². The van der Waals surface area contributed by atoms with Crippen molar-refractivity contribution < 1.29 is 9.63 Å². The molecule has 0 saturated heterocycles. The summed E-state index contributed by atoms with van der Waals surface area (Å²) in [5.74, 6) is 0.382. The van der Waals surface area contributed by atoms with Gasteiger partial charge in [-0.15, -0.1) is 0 Å². The second-order valence-electron chi connectivity index (χ2n) is 4.20. The lowest BCUT2D eigenvalue weighted by Crippen LogP contribution is -2.24. The third-order valence-electron chi connectivity index (χ3n) is 2.49. The lowest BCUT2D eigenvalue weighted by Gasteiger charge is -2.06. The molecule has 0 radical (unpaired) electrons. The van der Waals surface area contributed by atoms with Gasteiger partial charge in [-0.25, -0.2) is 5.48 Å². The minimum atomic E-state index is -0.244. The molecule has 1 aromatic rings. The average Bonchev–Trinajstić information content (AvgIpc) is 3.00. The van der Waals surface area contributed by atoms with E-state index < -0.39 is 0 Å². The van der Waals surface area contributed by atoms with Crippen LogP contribution in [0.4, 0.5) is 0 Å². The van der Waals surface area contributed by atoms with E-state index in [1.165, 1.54) is 12.8 Å². The quantitative estimate of drug-likeness (QED) is 0.821. The molecule has 0 bridgehead atoms. The van der Waals surface area contributed by atoms with Crippen LogP contribution in [0, 0.1) is 12.8 Å². The number of hydrogen-bond donors (Lipinski definition) is 1. The molecule has 16 heavy (non-hydrogen) atoms. The molecule has 1 fully saturated rings. The van der Waals surface area contributed by atoms with Gasteiger partial charge in [0.05, 0.1) is 6.61 Å². The molecule has 1 saturated carbocycles. The number of amides is 1. The monoisotopic (exact) mass is 239 g/mol. The number of hydrogen-bond acceptors (Lipinski definition) is 2. The van der Waals surface area contributed by atoms with Crippen molar-refractivity contribution in [2.45, 2.75) is 19.8 Å². The summed E-state index contributed by atoms with van der Waals surface area (Å²) >= 11 is 5.87. The second kappa shape index (κ2) is 4.85. The molecule has 0 aromatic heterocycles. The van der Waals surface area contributed by atoms with E-state index in [-0.39, 0.29) is 5.91 Å². The second-order valence-corrected chi connectivity index (χ2v) is 4.64. The molecule has 1 aliphatic carbocycles. The fourth-order valence-electron chi connectivity index (χ4n) is 1.44. The Morgan fingerprint density at radius 2 is 2.25 bits per heavy atom. The lowest BCUT2D eigenvalue weighted by molar-refractivity contribution is 0.0270. The van der Waals surface area contributed by atoms with Crippen molar-refractivity contribution in [3.05, 3.63) is 34.3 Å². The fourth-order valence-corrected chi connectivity index (χ4v) is 1.73. The van der Waals surface area contributed by atoms with Gasteiger partial charge in [-0.05, 0) is 49.4 Å². The van der Waals surface area contributed by atoms with Gasteiger partial charge in [0.2, 0.25) is 0 Å². The summed E-state index contributed by atoms with van der Waals surface area (Å²) in [5.41, 5.74) is 3.91. The van der Waals surface area contributed by atoms with E-state index in [1.807, 2.05) is 13.0 Å². The summed E-state index contributed by atoms with van der Waals surface area (Å²) in [4.78, 5) is 16.8. The molecule has 0 unspecified atom stereocenters. The van der Waals surface area contributed by atoms with Gasteiger partial charge in [-0.2, -0.15) is 0 Å².